The van der Waals surface area contributed by atoms with Crippen LogP contribution in [0.4, 0.5) is 0 Å². The quantitative estimate of drug-likeness (QED) is 0.631. The Hall–Kier alpha value is -0.680. The topological polar surface area (TPSA) is 58.9 Å². The first-order valence-electron chi connectivity index (χ1n) is 6.01. The predicted molar refractivity (Wildman–Crippen MR) is 65.5 cm³/mol. The Morgan fingerprint density at radius 3 is 1.76 bits per heavy atom. The molecule has 98 valence electrons. The maximum absolute atomic E-state index is 9.46. The Morgan fingerprint density at radius 2 is 1.41 bits per heavy atom. The van der Waals surface area contributed by atoms with Crippen molar-refractivity contribution < 1.29 is 19.7 Å². The Balaban J connectivity index is 2.44. The maximum atomic E-state index is 9.46. The molecule has 1 fully saturated rings. The summed E-state index contributed by atoms with van der Waals surface area (Å²) >= 11 is 0. The maximum Gasteiger partial charge on any atom is 0.168 e. The highest BCUT2D eigenvalue weighted by atomic mass is 16.7. The van der Waals surface area contributed by atoms with Gasteiger partial charge in [-0.25, -0.2) is 0 Å². The van der Waals surface area contributed by atoms with Crippen LogP contribution in [0, 0.1) is 0 Å². The molecule has 2 atom stereocenters. The molecule has 4 heteroatoms. The first kappa shape index (κ1) is 14.4. The molecule has 1 aliphatic rings. The van der Waals surface area contributed by atoms with Gasteiger partial charge < -0.3 is 19.7 Å². The van der Waals surface area contributed by atoms with E-state index in [1.54, 1.807) is 0 Å². The second-order valence-electron chi connectivity index (χ2n) is 4.29. The molecule has 0 aromatic heterocycles. The van der Waals surface area contributed by atoms with Gasteiger partial charge in [0.1, 0.15) is 0 Å². The molecular weight excluding hydrogens is 220 g/mol. The van der Waals surface area contributed by atoms with E-state index in [1.807, 2.05) is 0 Å². The van der Waals surface area contributed by atoms with Gasteiger partial charge in [-0.05, 0) is 12.8 Å². The van der Waals surface area contributed by atoms with Gasteiger partial charge in [-0.3, -0.25) is 0 Å². The number of hydrogen-bond donors (Lipinski definition) is 2. The lowest BCUT2D eigenvalue weighted by atomic mass is 10.00. The molecule has 0 spiro atoms. The van der Waals surface area contributed by atoms with E-state index < -0.39 is 18.0 Å². The average molecular weight is 242 g/mol. The Labute approximate surface area is 103 Å². The predicted octanol–water partition coefficient (Wildman–Crippen LogP) is 1.38. The summed E-state index contributed by atoms with van der Waals surface area (Å²) in [4.78, 5) is 0. The fourth-order valence-corrected chi connectivity index (χ4v) is 1.88. The third-order valence-electron chi connectivity index (χ3n) is 3.00. The number of ether oxygens (including phenoxy) is 2. The molecule has 0 saturated carbocycles. The third kappa shape index (κ3) is 4.60. The van der Waals surface area contributed by atoms with Gasteiger partial charge in [-0.1, -0.05) is 12.2 Å². The summed E-state index contributed by atoms with van der Waals surface area (Å²) in [6.45, 7) is 8.19. The van der Waals surface area contributed by atoms with Gasteiger partial charge in [-0.15, -0.1) is 13.2 Å². The molecule has 1 saturated heterocycles. The highest BCUT2D eigenvalue weighted by Crippen LogP contribution is 2.31. The molecule has 0 amide bonds. The first-order valence-corrected chi connectivity index (χ1v) is 6.01. The largest absolute Gasteiger partial charge is 0.389 e. The van der Waals surface area contributed by atoms with Crippen molar-refractivity contribution in [2.45, 2.75) is 43.7 Å². The van der Waals surface area contributed by atoms with Gasteiger partial charge in [0.15, 0.2) is 5.79 Å². The lowest BCUT2D eigenvalue weighted by Crippen LogP contribution is -2.32. The summed E-state index contributed by atoms with van der Waals surface area (Å²) in [6.07, 6.45) is 4.23. The van der Waals surface area contributed by atoms with Crippen LogP contribution in [0.25, 0.3) is 0 Å². The van der Waals surface area contributed by atoms with Crippen LogP contribution >= 0.6 is 0 Å². The van der Waals surface area contributed by atoms with E-state index in [1.165, 1.54) is 12.2 Å². The van der Waals surface area contributed by atoms with Crippen LogP contribution in [0.2, 0.25) is 0 Å². The third-order valence-corrected chi connectivity index (χ3v) is 3.00. The molecule has 1 rings (SSSR count). The van der Waals surface area contributed by atoms with E-state index >= 15 is 0 Å². The standard InChI is InChI=1S/C13H22O4/c1-3-11(14)5-7-13(16-9-10-17-13)8-6-12(15)4-2/h3-4,11-12,14-15H,1-2,5-10H2. The molecule has 0 radical (unpaired) electrons. The molecule has 0 bridgehead atoms. The number of aliphatic hydroxyl groups excluding tert-OH is 2. The van der Waals surface area contributed by atoms with E-state index in [2.05, 4.69) is 13.2 Å². The lowest BCUT2D eigenvalue weighted by Gasteiger charge is -2.28. The van der Waals surface area contributed by atoms with E-state index in [0.717, 1.165) is 0 Å². The summed E-state index contributed by atoms with van der Waals surface area (Å²) in [7, 11) is 0. The number of rotatable bonds is 8. The smallest absolute Gasteiger partial charge is 0.168 e. The number of hydrogen-bond acceptors (Lipinski definition) is 4. The Bertz CT molecular complexity index is 226. The van der Waals surface area contributed by atoms with Crippen molar-refractivity contribution in [3.8, 4) is 0 Å². The van der Waals surface area contributed by atoms with Gasteiger partial charge in [0.25, 0.3) is 0 Å². The summed E-state index contributed by atoms with van der Waals surface area (Å²) < 4.78 is 11.2. The van der Waals surface area contributed by atoms with Crippen molar-refractivity contribution in [1.29, 1.82) is 0 Å². The lowest BCUT2D eigenvalue weighted by molar-refractivity contribution is -0.173. The van der Waals surface area contributed by atoms with Gasteiger partial charge in [0, 0.05) is 12.8 Å². The van der Waals surface area contributed by atoms with Crippen molar-refractivity contribution in [2.24, 2.45) is 0 Å². The monoisotopic (exact) mass is 242 g/mol. The van der Waals surface area contributed by atoms with Gasteiger partial charge in [0.2, 0.25) is 0 Å². The second-order valence-corrected chi connectivity index (χ2v) is 4.29. The minimum atomic E-state index is -0.659. The van der Waals surface area contributed by atoms with Crippen molar-refractivity contribution in [3.05, 3.63) is 25.3 Å². The van der Waals surface area contributed by atoms with Crippen LogP contribution in [-0.2, 0) is 9.47 Å². The van der Waals surface area contributed by atoms with Gasteiger partial charge in [0.05, 0.1) is 25.4 Å². The normalized spacial score (nSPS) is 22.0. The zero-order valence-corrected chi connectivity index (χ0v) is 10.2. The van der Waals surface area contributed by atoms with Crippen molar-refractivity contribution in [2.75, 3.05) is 13.2 Å². The summed E-state index contributed by atoms with van der Waals surface area (Å²) in [5, 5.41) is 18.9. The molecule has 2 N–H and O–H groups in total. The minimum absolute atomic E-state index is 0.538. The molecule has 0 aliphatic carbocycles. The van der Waals surface area contributed by atoms with E-state index in [9.17, 15) is 10.2 Å². The van der Waals surface area contributed by atoms with Crippen molar-refractivity contribution >= 4 is 0 Å². The first-order chi connectivity index (χ1) is 8.12. The minimum Gasteiger partial charge on any atom is -0.389 e. The van der Waals surface area contributed by atoms with Crippen LogP contribution in [0.3, 0.4) is 0 Å². The van der Waals surface area contributed by atoms with E-state index in [4.69, 9.17) is 9.47 Å². The van der Waals surface area contributed by atoms with Crippen molar-refractivity contribution in [3.63, 3.8) is 0 Å². The fourth-order valence-electron chi connectivity index (χ4n) is 1.88. The molecule has 0 aromatic rings. The molecule has 0 aromatic carbocycles. The second kappa shape index (κ2) is 6.91. The van der Waals surface area contributed by atoms with Crippen LogP contribution in [0.1, 0.15) is 25.7 Å². The van der Waals surface area contributed by atoms with Crippen LogP contribution in [0.5, 0.6) is 0 Å². The molecule has 4 nitrogen and oxygen atoms in total. The number of aliphatic hydroxyl groups is 2. The Kier molecular flexibility index (Phi) is 5.85. The summed E-state index contributed by atoms with van der Waals surface area (Å²) in [6, 6.07) is 0. The molecule has 2 unspecified atom stereocenters. The molecule has 17 heavy (non-hydrogen) atoms. The van der Waals surface area contributed by atoms with Gasteiger partial charge in [-0.2, -0.15) is 0 Å². The zero-order chi connectivity index (χ0) is 12.7. The van der Waals surface area contributed by atoms with Gasteiger partial charge >= 0.3 is 0 Å². The molecule has 1 aliphatic heterocycles. The fraction of sp³-hybridized carbons (Fsp3) is 0.692. The van der Waals surface area contributed by atoms with Crippen molar-refractivity contribution in [1.82, 2.24) is 0 Å². The van der Waals surface area contributed by atoms with Crippen LogP contribution < -0.4 is 0 Å². The van der Waals surface area contributed by atoms with E-state index in [-0.39, 0.29) is 0 Å². The van der Waals surface area contributed by atoms with Crippen LogP contribution in [0.15, 0.2) is 25.3 Å². The molecular formula is C13H22O4. The van der Waals surface area contributed by atoms with E-state index in [0.29, 0.717) is 38.9 Å². The summed E-state index contributed by atoms with van der Waals surface area (Å²) in [5.41, 5.74) is 0. The average Bonchev–Trinajstić information content (AvgIpc) is 2.82. The highest BCUT2D eigenvalue weighted by molar-refractivity contribution is 4.85. The highest BCUT2D eigenvalue weighted by Gasteiger charge is 2.36. The Morgan fingerprint density at radius 1 is 1.00 bits per heavy atom. The molecule has 1 heterocycles. The SMILES string of the molecule is C=CC(O)CCC1(CCC(O)C=C)OCCO1. The zero-order valence-electron chi connectivity index (χ0n) is 10.2. The van der Waals surface area contributed by atoms with Crippen LogP contribution in [-0.4, -0.2) is 41.4 Å². The summed E-state index contributed by atoms with van der Waals surface area (Å²) in [5.74, 6) is -0.659.